The molecular formula is C18H15N5O3S. The zero-order chi connectivity index (χ0) is 18.2. The number of carbonyl (C=O) groups excluding carboxylic acids is 1. The van der Waals surface area contributed by atoms with Gasteiger partial charge in [-0.1, -0.05) is 11.2 Å². The van der Waals surface area contributed by atoms with E-state index in [1.54, 1.807) is 34.6 Å². The number of hydrogen-bond acceptors (Lipinski definition) is 7. The second kappa shape index (κ2) is 6.51. The van der Waals surface area contributed by atoms with Crippen molar-refractivity contribution in [3.05, 3.63) is 53.5 Å². The van der Waals surface area contributed by atoms with Gasteiger partial charge in [0.25, 0.3) is 11.8 Å². The number of rotatable bonds is 4. The Balaban J connectivity index is 1.29. The lowest BCUT2D eigenvalue weighted by Crippen LogP contribution is -2.28. The van der Waals surface area contributed by atoms with E-state index in [1.165, 1.54) is 0 Å². The molecule has 5 rings (SSSR count). The SMILES string of the molecule is O=C(c1cc(-c2ccco2)[nH]n1)N1CC[C@H](c2noc(-c3cccs3)n2)C1. The first-order valence-corrected chi connectivity index (χ1v) is 9.42. The first-order chi connectivity index (χ1) is 13.3. The second-order valence-corrected chi connectivity index (χ2v) is 7.26. The number of amides is 1. The Morgan fingerprint density at radius 3 is 3.11 bits per heavy atom. The summed E-state index contributed by atoms with van der Waals surface area (Å²) in [4.78, 5) is 20.0. The van der Waals surface area contributed by atoms with E-state index >= 15 is 0 Å². The lowest BCUT2D eigenvalue weighted by molar-refractivity contribution is 0.0784. The third-order valence-corrected chi connectivity index (χ3v) is 5.46. The molecule has 27 heavy (non-hydrogen) atoms. The van der Waals surface area contributed by atoms with Gasteiger partial charge < -0.3 is 13.8 Å². The van der Waals surface area contributed by atoms with Gasteiger partial charge in [-0.25, -0.2) is 0 Å². The van der Waals surface area contributed by atoms with Crippen LogP contribution in [0.1, 0.15) is 28.7 Å². The Labute approximate surface area is 157 Å². The molecule has 4 aromatic heterocycles. The van der Waals surface area contributed by atoms with E-state index in [-0.39, 0.29) is 11.8 Å². The Bertz CT molecular complexity index is 1050. The number of thiophene rings is 1. The van der Waals surface area contributed by atoms with Gasteiger partial charge in [-0.3, -0.25) is 9.89 Å². The van der Waals surface area contributed by atoms with Crippen molar-refractivity contribution in [2.75, 3.05) is 13.1 Å². The molecule has 0 bridgehead atoms. The van der Waals surface area contributed by atoms with Crippen LogP contribution in [0.4, 0.5) is 0 Å². The molecule has 5 heterocycles. The van der Waals surface area contributed by atoms with Crippen molar-refractivity contribution in [2.24, 2.45) is 0 Å². The van der Waals surface area contributed by atoms with Gasteiger partial charge in [0.05, 0.1) is 11.1 Å². The zero-order valence-corrected chi connectivity index (χ0v) is 15.0. The molecular weight excluding hydrogens is 366 g/mol. The smallest absolute Gasteiger partial charge is 0.274 e. The van der Waals surface area contributed by atoms with Crippen LogP contribution in [0.5, 0.6) is 0 Å². The van der Waals surface area contributed by atoms with Crippen molar-refractivity contribution >= 4 is 17.2 Å². The Hall–Kier alpha value is -3.20. The maximum absolute atomic E-state index is 12.7. The molecule has 0 radical (unpaired) electrons. The average Bonchev–Trinajstić information content (AvgIpc) is 3.50. The Kier molecular flexibility index (Phi) is 3.86. The molecule has 4 aromatic rings. The summed E-state index contributed by atoms with van der Waals surface area (Å²) < 4.78 is 10.7. The van der Waals surface area contributed by atoms with Crippen molar-refractivity contribution in [1.82, 2.24) is 25.2 Å². The van der Waals surface area contributed by atoms with Crippen LogP contribution < -0.4 is 0 Å². The average molecular weight is 381 g/mol. The van der Waals surface area contributed by atoms with E-state index in [0.29, 0.717) is 42.0 Å². The number of aromatic nitrogens is 4. The highest BCUT2D eigenvalue weighted by atomic mass is 32.1. The van der Waals surface area contributed by atoms with E-state index in [0.717, 1.165) is 11.3 Å². The standard InChI is InChI=1S/C18H15N5O3S/c24-18(13-9-12(20-21-13)14-3-1-7-25-14)23-6-5-11(10-23)16-19-17(26-22-16)15-4-2-8-27-15/h1-4,7-9,11H,5-6,10H2,(H,20,21)/t11-/m0/s1. The number of carbonyl (C=O) groups is 1. The van der Waals surface area contributed by atoms with E-state index in [2.05, 4.69) is 20.3 Å². The molecule has 9 heteroatoms. The molecule has 1 saturated heterocycles. The quantitative estimate of drug-likeness (QED) is 0.581. The van der Waals surface area contributed by atoms with E-state index in [1.807, 2.05) is 23.6 Å². The first kappa shape index (κ1) is 16.0. The normalized spacial score (nSPS) is 16.9. The van der Waals surface area contributed by atoms with Gasteiger partial charge in [0.15, 0.2) is 17.3 Å². The second-order valence-electron chi connectivity index (χ2n) is 6.32. The highest BCUT2D eigenvalue weighted by Gasteiger charge is 2.32. The molecule has 1 atom stereocenters. The van der Waals surface area contributed by atoms with Gasteiger partial charge in [0, 0.05) is 25.1 Å². The maximum Gasteiger partial charge on any atom is 0.274 e. The molecule has 0 aliphatic carbocycles. The van der Waals surface area contributed by atoms with Crippen LogP contribution in [0.15, 0.2) is 50.9 Å². The maximum atomic E-state index is 12.7. The van der Waals surface area contributed by atoms with Crippen LogP contribution in [0.25, 0.3) is 22.2 Å². The van der Waals surface area contributed by atoms with Crippen LogP contribution in [0, 0.1) is 0 Å². The summed E-state index contributed by atoms with van der Waals surface area (Å²) in [5.41, 5.74) is 1.05. The van der Waals surface area contributed by atoms with Crippen molar-refractivity contribution in [3.63, 3.8) is 0 Å². The highest BCUT2D eigenvalue weighted by Crippen LogP contribution is 2.29. The van der Waals surface area contributed by atoms with Gasteiger partial charge in [-0.15, -0.1) is 11.3 Å². The molecule has 1 amide bonds. The van der Waals surface area contributed by atoms with E-state index in [4.69, 9.17) is 8.94 Å². The lowest BCUT2D eigenvalue weighted by atomic mass is 10.1. The Morgan fingerprint density at radius 1 is 1.33 bits per heavy atom. The molecule has 1 fully saturated rings. The predicted molar refractivity (Wildman–Crippen MR) is 97.2 cm³/mol. The minimum Gasteiger partial charge on any atom is -0.463 e. The Morgan fingerprint density at radius 2 is 2.30 bits per heavy atom. The number of nitrogens with zero attached hydrogens (tertiary/aromatic N) is 4. The van der Waals surface area contributed by atoms with Gasteiger partial charge >= 0.3 is 0 Å². The molecule has 0 unspecified atom stereocenters. The largest absolute Gasteiger partial charge is 0.463 e. The molecule has 0 aromatic carbocycles. The third-order valence-electron chi connectivity index (χ3n) is 4.60. The summed E-state index contributed by atoms with van der Waals surface area (Å²) in [6.07, 6.45) is 2.38. The number of aromatic amines is 1. The fourth-order valence-corrected chi connectivity index (χ4v) is 3.85. The van der Waals surface area contributed by atoms with E-state index in [9.17, 15) is 4.79 Å². The van der Waals surface area contributed by atoms with Crippen LogP contribution in [-0.2, 0) is 0 Å². The number of nitrogens with one attached hydrogen (secondary N) is 1. The monoisotopic (exact) mass is 381 g/mol. The van der Waals surface area contributed by atoms with Crippen LogP contribution in [0.2, 0.25) is 0 Å². The fraction of sp³-hybridized carbons (Fsp3) is 0.222. The van der Waals surface area contributed by atoms with Gasteiger partial charge in [0.1, 0.15) is 5.69 Å². The molecule has 1 aliphatic rings. The molecule has 8 nitrogen and oxygen atoms in total. The number of hydrogen-bond donors (Lipinski definition) is 1. The van der Waals surface area contributed by atoms with Crippen LogP contribution in [-0.4, -0.2) is 44.2 Å². The molecule has 136 valence electrons. The van der Waals surface area contributed by atoms with Crippen molar-refractivity contribution in [1.29, 1.82) is 0 Å². The number of furan rings is 1. The highest BCUT2D eigenvalue weighted by molar-refractivity contribution is 7.13. The van der Waals surface area contributed by atoms with Crippen molar-refractivity contribution < 1.29 is 13.7 Å². The summed E-state index contributed by atoms with van der Waals surface area (Å²) >= 11 is 1.56. The molecule has 1 aliphatic heterocycles. The predicted octanol–water partition coefficient (Wildman–Crippen LogP) is 3.41. The summed E-state index contributed by atoms with van der Waals surface area (Å²) in [5, 5.41) is 13.0. The third kappa shape index (κ3) is 2.95. The van der Waals surface area contributed by atoms with Gasteiger partial charge in [-0.2, -0.15) is 10.1 Å². The van der Waals surface area contributed by atoms with Gasteiger partial charge in [0.2, 0.25) is 0 Å². The van der Waals surface area contributed by atoms with Crippen LogP contribution >= 0.6 is 11.3 Å². The fourth-order valence-electron chi connectivity index (χ4n) is 3.21. The zero-order valence-electron chi connectivity index (χ0n) is 14.2. The summed E-state index contributed by atoms with van der Waals surface area (Å²) in [6, 6.07) is 9.20. The molecule has 1 N–H and O–H groups in total. The lowest BCUT2D eigenvalue weighted by Gasteiger charge is -2.13. The molecule has 0 spiro atoms. The molecule has 0 saturated carbocycles. The topological polar surface area (TPSA) is 101 Å². The van der Waals surface area contributed by atoms with Crippen LogP contribution in [0.3, 0.4) is 0 Å². The summed E-state index contributed by atoms with van der Waals surface area (Å²) in [6.45, 7) is 1.18. The van der Waals surface area contributed by atoms with Crippen molar-refractivity contribution in [3.8, 4) is 22.2 Å². The summed E-state index contributed by atoms with van der Waals surface area (Å²) in [7, 11) is 0. The van der Waals surface area contributed by atoms with Crippen molar-refractivity contribution in [2.45, 2.75) is 12.3 Å². The minimum absolute atomic E-state index is 0.0647. The number of H-pyrrole nitrogens is 1. The number of likely N-dealkylation sites (tertiary alicyclic amines) is 1. The van der Waals surface area contributed by atoms with Gasteiger partial charge in [-0.05, 0) is 30.0 Å². The summed E-state index contributed by atoms with van der Waals surface area (Å²) in [5.74, 6) is 1.77. The van der Waals surface area contributed by atoms with E-state index < -0.39 is 0 Å². The first-order valence-electron chi connectivity index (χ1n) is 8.54. The minimum atomic E-state index is -0.117.